The number of carbonyl (C=O) groups excluding carboxylic acids is 5. The largest absolute Gasteiger partial charge is 0.508 e. The van der Waals surface area contributed by atoms with Crippen LogP contribution in [-0.4, -0.2) is 89.0 Å². The molecule has 2 rings (SSSR count). The van der Waals surface area contributed by atoms with Crippen LogP contribution in [0.2, 0.25) is 0 Å². The molecule has 1 aliphatic rings. The molecule has 0 heterocycles. The zero-order chi connectivity index (χ0) is 36.5. The Morgan fingerprint density at radius 2 is 1.24 bits per heavy atom. The van der Waals surface area contributed by atoms with Gasteiger partial charge in [-0.15, -0.1) is 0 Å². The van der Waals surface area contributed by atoms with Crippen molar-refractivity contribution in [2.45, 2.75) is 89.0 Å². The molecule has 1 aromatic carbocycles. The number of aromatic hydroxyl groups is 1. The Kier molecular flexibility index (Phi) is 17.5. The zero-order valence-electron chi connectivity index (χ0n) is 27.7. The number of carboxylic acid groups (broad SMARTS) is 1. The van der Waals surface area contributed by atoms with Crippen molar-refractivity contribution in [3.05, 3.63) is 52.5 Å². The van der Waals surface area contributed by atoms with E-state index in [9.17, 15) is 33.9 Å². The number of halogens is 1. The Morgan fingerprint density at radius 3 is 1.73 bits per heavy atom. The van der Waals surface area contributed by atoms with Crippen molar-refractivity contribution in [2.24, 2.45) is 17.4 Å². The van der Waals surface area contributed by atoms with E-state index in [-0.39, 0.29) is 25.0 Å². The molecule has 1 unspecified atom stereocenters. The molecular weight excluding hydrogens is 702 g/mol. The summed E-state index contributed by atoms with van der Waals surface area (Å²) in [6.45, 7) is 3.37. The molecule has 0 spiro atoms. The predicted octanol–water partition coefficient (Wildman–Crippen LogP) is 0.206. The van der Waals surface area contributed by atoms with Crippen LogP contribution in [0.15, 0.2) is 47.0 Å². The maximum Gasteiger partial charge on any atom is 0.325 e. The van der Waals surface area contributed by atoms with Crippen molar-refractivity contribution in [3.63, 3.8) is 0 Å². The average molecular weight is 751 g/mol. The molecular formula is C33H48BrN7O8. The SMILES string of the molecule is C[C@H](NC(=O)[C@H](C)NC(=O)[C@H](CCCCN)NC(=O)[C@H](CCCCN)NC(=O)[C@H](Cc1ccc(O)cc1)NC(=O)C1C=CC(Br)=C1)C(=O)O. The number of nitrogens with one attached hydrogen (secondary N) is 5. The molecule has 1 aliphatic carbocycles. The standard InChI is InChI=1S/C33H48BrN7O8/c1-19(28(43)38-20(2)33(48)49)37-30(45)25(7-3-5-15-35)39-31(46)26(8-4-6-16-36)40-32(47)27(17-21-9-13-24(42)14-10-21)41-29(44)22-11-12-23(34)18-22/h9-14,18-20,22,25-27,42H,3-8,15-17,35-36H2,1-2H3,(H,37,45)(H,38,43)(H,39,46)(H,40,47)(H,41,44)(H,48,49)/t19-,20-,22?,25-,26-,27-/m0/s1. The van der Waals surface area contributed by atoms with Crippen molar-refractivity contribution in [3.8, 4) is 5.75 Å². The Hall–Kier alpha value is -4.28. The lowest BCUT2D eigenvalue weighted by atomic mass is 10.0. The summed E-state index contributed by atoms with van der Waals surface area (Å²) in [7, 11) is 0. The third kappa shape index (κ3) is 14.4. The van der Waals surface area contributed by atoms with Gasteiger partial charge in [0.15, 0.2) is 0 Å². The van der Waals surface area contributed by atoms with Gasteiger partial charge in [0.2, 0.25) is 29.5 Å². The van der Waals surface area contributed by atoms with E-state index >= 15 is 0 Å². The third-order valence-corrected chi connectivity index (χ3v) is 8.28. The first-order valence-electron chi connectivity index (χ1n) is 16.2. The van der Waals surface area contributed by atoms with Crippen molar-refractivity contribution in [2.75, 3.05) is 13.1 Å². The van der Waals surface area contributed by atoms with Crippen LogP contribution in [0.5, 0.6) is 5.75 Å². The normalized spacial score (nSPS) is 16.7. The molecule has 0 saturated heterocycles. The number of nitrogens with two attached hydrogens (primary N) is 2. The molecule has 0 radical (unpaired) electrons. The Bertz CT molecular complexity index is 1370. The van der Waals surface area contributed by atoms with Gasteiger partial charge in [0.25, 0.3) is 0 Å². The molecule has 0 aromatic heterocycles. The zero-order valence-corrected chi connectivity index (χ0v) is 29.3. The van der Waals surface area contributed by atoms with E-state index in [0.29, 0.717) is 44.3 Å². The molecule has 6 atom stereocenters. The minimum Gasteiger partial charge on any atom is -0.508 e. The average Bonchev–Trinajstić information content (AvgIpc) is 3.50. The smallest absolute Gasteiger partial charge is 0.325 e. The monoisotopic (exact) mass is 749 g/mol. The number of allylic oxidation sites excluding steroid dienone is 2. The van der Waals surface area contributed by atoms with Crippen LogP contribution in [0.3, 0.4) is 0 Å². The number of phenolic OH excluding ortho intramolecular Hbond substituents is 1. The van der Waals surface area contributed by atoms with Crippen molar-refractivity contribution < 1.29 is 39.0 Å². The van der Waals surface area contributed by atoms with Crippen LogP contribution >= 0.6 is 15.9 Å². The number of benzene rings is 1. The molecule has 11 N–H and O–H groups in total. The Morgan fingerprint density at radius 1 is 0.735 bits per heavy atom. The highest BCUT2D eigenvalue weighted by Gasteiger charge is 2.32. The number of hydrogen-bond acceptors (Lipinski definition) is 9. The van der Waals surface area contributed by atoms with E-state index in [1.165, 1.54) is 26.0 Å². The number of unbranched alkanes of at least 4 members (excludes halogenated alkanes) is 2. The molecule has 1 aromatic rings. The summed E-state index contributed by atoms with van der Waals surface area (Å²) in [6, 6.07) is 0.551. The van der Waals surface area contributed by atoms with Gasteiger partial charge in [0.05, 0.1) is 5.92 Å². The summed E-state index contributed by atoms with van der Waals surface area (Å²) in [6.07, 6.45) is 7.55. The lowest BCUT2D eigenvalue weighted by Gasteiger charge is -2.26. The highest BCUT2D eigenvalue weighted by atomic mass is 79.9. The third-order valence-electron chi connectivity index (χ3n) is 7.75. The lowest BCUT2D eigenvalue weighted by Crippen LogP contribution is -2.58. The summed E-state index contributed by atoms with van der Waals surface area (Å²) in [5, 5.41) is 31.8. The number of rotatable bonds is 21. The van der Waals surface area contributed by atoms with E-state index in [1.807, 2.05) is 0 Å². The van der Waals surface area contributed by atoms with Crippen LogP contribution in [0.4, 0.5) is 0 Å². The van der Waals surface area contributed by atoms with Gasteiger partial charge in [-0.1, -0.05) is 46.3 Å². The van der Waals surface area contributed by atoms with E-state index in [1.54, 1.807) is 30.4 Å². The fourth-order valence-corrected chi connectivity index (χ4v) is 5.27. The molecule has 0 saturated carbocycles. The second-order valence-electron chi connectivity index (χ2n) is 11.9. The van der Waals surface area contributed by atoms with Crippen LogP contribution < -0.4 is 38.1 Å². The van der Waals surface area contributed by atoms with Crippen LogP contribution in [-0.2, 0) is 35.2 Å². The Labute approximate surface area is 294 Å². The second-order valence-corrected chi connectivity index (χ2v) is 12.8. The molecule has 0 aliphatic heterocycles. The fraction of sp³-hybridized carbons (Fsp3) is 0.515. The van der Waals surface area contributed by atoms with E-state index in [4.69, 9.17) is 16.6 Å². The van der Waals surface area contributed by atoms with Gasteiger partial charge in [-0.2, -0.15) is 0 Å². The summed E-state index contributed by atoms with van der Waals surface area (Å²) < 4.78 is 0.721. The molecule has 270 valence electrons. The molecule has 15 nitrogen and oxygen atoms in total. The minimum atomic E-state index is -1.24. The van der Waals surface area contributed by atoms with Crippen molar-refractivity contribution >= 4 is 51.4 Å². The highest BCUT2D eigenvalue weighted by Crippen LogP contribution is 2.21. The quantitative estimate of drug-likeness (QED) is 0.0772. The molecule has 49 heavy (non-hydrogen) atoms. The predicted molar refractivity (Wildman–Crippen MR) is 186 cm³/mol. The van der Waals surface area contributed by atoms with Gasteiger partial charge in [-0.3, -0.25) is 28.8 Å². The number of aliphatic carboxylic acids is 1. The van der Waals surface area contributed by atoms with E-state index < -0.39 is 71.6 Å². The molecule has 0 fully saturated rings. The number of carbonyl (C=O) groups is 6. The Balaban J connectivity index is 2.26. The molecule has 16 heteroatoms. The number of hydrogen-bond donors (Lipinski definition) is 9. The van der Waals surface area contributed by atoms with Crippen LogP contribution in [0, 0.1) is 5.92 Å². The van der Waals surface area contributed by atoms with Crippen LogP contribution in [0.1, 0.15) is 57.9 Å². The summed E-state index contributed by atoms with van der Waals surface area (Å²) >= 11 is 3.33. The van der Waals surface area contributed by atoms with E-state index in [0.717, 1.165) is 4.48 Å². The fourth-order valence-electron chi connectivity index (χ4n) is 4.83. The van der Waals surface area contributed by atoms with Gasteiger partial charge in [0.1, 0.15) is 36.0 Å². The first kappa shape index (κ1) is 40.9. The first-order valence-corrected chi connectivity index (χ1v) is 17.0. The van der Waals surface area contributed by atoms with Gasteiger partial charge in [-0.05, 0) is 83.2 Å². The number of phenols is 1. The van der Waals surface area contributed by atoms with Gasteiger partial charge in [-0.25, -0.2) is 0 Å². The maximum atomic E-state index is 13.8. The first-order chi connectivity index (χ1) is 23.2. The topological polar surface area (TPSA) is 255 Å². The highest BCUT2D eigenvalue weighted by molar-refractivity contribution is 9.11. The summed E-state index contributed by atoms with van der Waals surface area (Å²) in [5.74, 6) is -4.95. The van der Waals surface area contributed by atoms with Crippen molar-refractivity contribution in [1.82, 2.24) is 26.6 Å². The van der Waals surface area contributed by atoms with Crippen LogP contribution in [0.25, 0.3) is 0 Å². The van der Waals surface area contributed by atoms with Gasteiger partial charge in [0, 0.05) is 10.9 Å². The molecule has 0 bridgehead atoms. The lowest BCUT2D eigenvalue weighted by molar-refractivity contribution is -0.141. The van der Waals surface area contributed by atoms with Gasteiger partial charge >= 0.3 is 5.97 Å². The molecule has 5 amide bonds. The van der Waals surface area contributed by atoms with Gasteiger partial charge < -0.3 is 48.3 Å². The van der Waals surface area contributed by atoms with Crippen molar-refractivity contribution in [1.29, 1.82) is 0 Å². The maximum absolute atomic E-state index is 13.8. The van der Waals surface area contributed by atoms with E-state index in [2.05, 4.69) is 42.5 Å². The second kappa shape index (κ2) is 20.9. The number of amides is 5. The summed E-state index contributed by atoms with van der Waals surface area (Å²) in [5.41, 5.74) is 11.9. The summed E-state index contributed by atoms with van der Waals surface area (Å²) in [4.78, 5) is 77.4. The number of carboxylic acids is 1. The minimum absolute atomic E-state index is 0.0337.